The number of esters is 1. The lowest BCUT2D eigenvalue weighted by molar-refractivity contribution is -0.145. The van der Waals surface area contributed by atoms with Crippen LogP contribution in [0.15, 0.2) is 0 Å². The molecule has 2 N–H and O–H groups in total. The lowest BCUT2D eigenvalue weighted by Gasteiger charge is -2.15. The SMILES string of the molecule is CCCCC(CC)COCCC(N)C(=O)OCC. The van der Waals surface area contributed by atoms with Gasteiger partial charge in [-0.1, -0.05) is 33.1 Å². The Hall–Kier alpha value is -0.610. The molecule has 0 spiro atoms. The van der Waals surface area contributed by atoms with Crippen LogP contribution in [0, 0.1) is 5.92 Å². The van der Waals surface area contributed by atoms with Crippen LogP contribution < -0.4 is 5.73 Å². The molecule has 0 fully saturated rings. The van der Waals surface area contributed by atoms with Crippen LogP contribution in [-0.2, 0) is 14.3 Å². The summed E-state index contributed by atoms with van der Waals surface area (Å²) in [7, 11) is 0. The first-order valence-electron chi connectivity index (χ1n) is 7.15. The highest BCUT2D eigenvalue weighted by molar-refractivity contribution is 5.75. The van der Waals surface area contributed by atoms with E-state index in [1.165, 1.54) is 19.3 Å². The van der Waals surface area contributed by atoms with E-state index in [1.54, 1.807) is 6.92 Å². The largest absolute Gasteiger partial charge is 0.465 e. The van der Waals surface area contributed by atoms with Gasteiger partial charge in [0.1, 0.15) is 6.04 Å². The Bertz CT molecular complexity index is 209. The molecule has 0 aromatic carbocycles. The summed E-state index contributed by atoms with van der Waals surface area (Å²) in [5.41, 5.74) is 5.68. The van der Waals surface area contributed by atoms with Gasteiger partial charge in [-0.25, -0.2) is 0 Å². The Labute approximate surface area is 111 Å². The van der Waals surface area contributed by atoms with Crippen molar-refractivity contribution in [3.8, 4) is 0 Å². The van der Waals surface area contributed by atoms with Gasteiger partial charge in [0.05, 0.1) is 6.61 Å². The minimum absolute atomic E-state index is 0.334. The van der Waals surface area contributed by atoms with Crippen molar-refractivity contribution in [1.82, 2.24) is 0 Å². The molecule has 18 heavy (non-hydrogen) atoms. The molecule has 0 aliphatic heterocycles. The predicted molar refractivity (Wildman–Crippen MR) is 73.4 cm³/mol. The zero-order valence-corrected chi connectivity index (χ0v) is 12.1. The molecular formula is C14H29NO3. The molecule has 4 nitrogen and oxygen atoms in total. The number of rotatable bonds is 11. The van der Waals surface area contributed by atoms with Gasteiger partial charge in [-0.15, -0.1) is 0 Å². The van der Waals surface area contributed by atoms with Crippen molar-refractivity contribution in [2.45, 2.75) is 58.9 Å². The van der Waals surface area contributed by atoms with Crippen LogP contribution in [0.3, 0.4) is 0 Å². The van der Waals surface area contributed by atoms with Gasteiger partial charge in [-0.05, 0) is 25.7 Å². The molecule has 0 radical (unpaired) electrons. The third-order valence-electron chi connectivity index (χ3n) is 3.06. The normalized spacial score (nSPS) is 14.2. The highest BCUT2D eigenvalue weighted by atomic mass is 16.5. The molecule has 0 saturated carbocycles. The van der Waals surface area contributed by atoms with Gasteiger partial charge in [-0.2, -0.15) is 0 Å². The standard InChI is InChI=1S/C14H29NO3/c1-4-7-8-12(5-2)11-17-10-9-13(15)14(16)18-6-3/h12-13H,4-11,15H2,1-3H3. The van der Waals surface area contributed by atoms with E-state index in [2.05, 4.69) is 13.8 Å². The van der Waals surface area contributed by atoms with Crippen LogP contribution >= 0.6 is 0 Å². The number of nitrogens with two attached hydrogens (primary N) is 1. The number of unbranched alkanes of at least 4 members (excludes halogenated alkanes) is 1. The van der Waals surface area contributed by atoms with Gasteiger partial charge in [0.15, 0.2) is 0 Å². The predicted octanol–water partition coefficient (Wildman–Crippen LogP) is 2.50. The van der Waals surface area contributed by atoms with Crippen molar-refractivity contribution in [2.24, 2.45) is 11.7 Å². The van der Waals surface area contributed by atoms with Crippen LogP contribution in [0.2, 0.25) is 0 Å². The lowest BCUT2D eigenvalue weighted by atomic mass is 10.0. The molecule has 4 heteroatoms. The van der Waals surface area contributed by atoms with Gasteiger partial charge >= 0.3 is 5.97 Å². The van der Waals surface area contributed by atoms with Crippen molar-refractivity contribution in [1.29, 1.82) is 0 Å². The molecule has 0 rings (SSSR count). The number of hydrogen-bond donors (Lipinski definition) is 1. The fourth-order valence-electron chi connectivity index (χ4n) is 1.73. The Morgan fingerprint density at radius 1 is 1.22 bits per heavy atom. The van der Waals surface area contributed by atoms with Crippen molar-refractivity contribution < 1.29 is 14.3 Å². The van der Waals surface area contributed by atoms with Crippen LogP contribution in [0.1, 0.15) is 52.9 Å². The average molecular weight is 259 g/mol. The zero-order valence-electron chi connectivity index (χ0n) is 12.1. The topological polar surface area (TPSA) is 61.5 Å². The Balaban J connectivity index is 3.61. The first-order valence-corrected chi connectivity index (χ1v) is 7.15. The molecule has 0 aliphatic carbocycles. The van der Waals surface area contributed by atoms with E-state index < -0.39 is 6.04 Å². The van der Waals surface area contributed by atoms with Crippen molar-refractivity contribution >= 4 is 5.97 Å². The molecule has 2 atom stereocenters. The summed E-state index contributed by atoms with van der Waals surface area (Å²) in [6, 6.07) is -0.555. The molecule has 0 aromatic heterocycles. The van der Waals surface area contributed by atoms with Crippen molar-refractivity contribution in [3.63, 3.8) is 0 Å². The number of carbonyl (C=O) groups is 1. The Morgan fingerprint density at radius 2 is 1.94 bits per heavy atom. The molecular weight excluding hydrogens is 230 g/mol. The van der Waals surface area contributed by atoms with Crippen LogP contribution in [0.4, 0.5) is 0 Å². The second-order valence-corrected chi connectivity index (χ2v) is 4.64. The molecule has 0 saturated heterocycles. The second kappa shape index (κ2) is 11.5. The number of carbonyl (C=O) groups excluding carboxylic acids is 1. The highest BCUT2D eigenvalue weighted by Gasteiger charge is 2.14. The summed E-state index contributed by atoms with van der Waals surface area (Å²) in [4.78, 5) is 11.3. The third-order valence-corrected chi connectivity index (χ3v) is 3.06. The number of ether oxygens (including phenoxy) is 2. The zero-order chi connectivity index (χ0) is 13.8. The summed E-state index contributed by atoms with van der Waals surface area (Å²) in [6.45, 7) is 7.84. The van der Waals surface area contributed by atoms with Gasteiger partial charge < -0.3 is 15.2 Å². The maximum atomic E-state index is 11.3. The molecule has 0 aliphatic rings. The molecule has 2 unspecified atom stereocenters. The quantitative estimate of drug-likeness (QED) is 0.457. The minimum Gasteiger partial charge on any atom is -0.465 e. The molecule has 0 aromatic rings. The van der Waals surface area contributed by atoms with E-state index in [-0.39, 0.29) is 5.97 Å². The van der Waals surface area contributed by atoms with E-state index in [0.29, 0.717) is 25.6 Å². The fraction of sp³-hybridized carbons (Fsp3) is 0.929. The van der Waals surface area contributed by atoms with Crippen LogP contribution in [0.25, 0.3) is 0 Å². The maximum Gasteiger partial charge on any atom is 0.322 e. The summed E-state index contributed by atoms with van der Waals surface area (Å²) in [6.07, 6.45) is 5.37. The average Bonchev–Trinajstić information content (AvgIpc) is 2.38. The second-order valence-electron chi connectivity index (χ2n) is 4.64. The fourth-order valence-corrected chi connectivity index (χ4v) is 1.73. The summed E-state index contributed by atoms with van der Waals surface area (Å²) in [5.74, 6) is 0.294. The van der Waals surface area contributed by atoms with Gasteiger partial charge in [0.2, 0.25) is 0 Å². The van der Waals surface area contributed by atoms with Crippen LogP contribution in [0.5, 0.6) is 0 Å². The Morgan fingerprint density at radius 3 is 2.50 bits per heavy atom. The first-order chi connectivity index (χ1) is 8.65. The van der Waals surface area contributed by atoms with E-state index in [1.807, 2.05) is 0 Å². The summed E-state index contributed by atoms with van der Waals surface area (Å²) < 4.78 is 10.4. The molecule has 108 valence electrons. The highest BCUT2D eigenvalue weighted by Crippen LogP contribution is 2.12. The minimum atomic E-state index is -0.555. The van der Waals surface area contributed by atoms with E-state index in [0.717, 1.165) is 13.0 Å². The Kier molecular flexibility index (Phi) is 11.1. The maximum absolute atomic E-state index is 11.3. The van der Waals surface area contributed by atoms with E-state index in [9.17, 15) is 4.79 Å². The first kappa shape index (κ1) is 17.4. The van der Waals surface area contributed by atoms with Crippen molar-refractivity contribution in [3.05, 3.63) is 0 Å². The number of hydrogen-bond acceptors (Lipinski definition) is 4. The van der Waals surface area contributed by atoms with Gasteiger partial charge in [0.25, 0.3) is 0 Å². The van der Waals surface area contributed by atoms with E-state index in [4.69, 9.17) is 15.2 Å². The lowest BCUT2D eigenvalue weighted by Crippen LogP contribution is -2.33. The van der Waals surface area contributed by atoms with E-state index >= 15 is 0 Å². The molecule has 0 heterocycles. The monoisotopic (exact) mass is 259 g/mol. The van der Waals surface area contributed by atoms with Crippen LogP contribution in [-0.4, -0.2) is 31.8 Å². The molecule has 0 amide bonds. The summed E-state index contributed by atoms with van der Waals surface area (Å²) in [5, 5.41) is 0. The van der Waals surface area contributed by atoms with Gasteiger partial charge in [0, 0.05) is 13.2 Å². The summed E-state index contributed by atoms with van der Waals surface area (Å²) >= 11 is 0. The van der Waals surface area contributed by atoms with Gasteiger partial charge in [-0.3, -0.25) is 4.79 Å². The smallest absolute Gasteiger partial charge is 0.322 e. The molecule has 0 bridgehead atoms. The third kappa shape index (κ3) is 8.48. The van der Waals surface area contributed by atoms with Crippen molar-refractivity contribution in [2.75, 3.05) is 19.8 Å².